The average molecular weight is 297 g/mol. The summed E-state index contributed by atoms with van der Waals surface area (Å²) >= 11 is 0. The van der Waals surface area contributed by atoms with Crippen molar-refractivity contribution >= 4 is 21.7 Å². The van der Waals surface area contributed by atoms with Gasteiger partial charge in [-0.25, -0.2) is 0 Å². The molecule has 0 amide bonds. The third-order valence-corrected chi connectivity index (χ3v) is 4.56. The molecule has 3 rings (SSSR count). The largest absolute Gasteiger partial charge is 0.342 e. The topological polar surface area (TPSA) is 39.1 Å². The van der Waals surface area contributed by atoms with Crippen molar-refractivity contribution in [2.24, 2.45) is 7.05 Å². The van der Waals surface area contributed by atoms with Crippen LogP contribution >= 0.6 is 0 Å². The first kappa shape index (κ1) is 13.8. The van der Waals surface area contributed by atoms with Gasteiger partial charge in [0, 0.05) is 18.7 Å². The molecule has 0 bridgehead atoms. The molecule has 3 aromatic rings. The minimum absolute atomic E-state index is 0.150. The molecule has 0 saturated heterocycles. The molecule has 2 aromatic carbocycles. The second kappa shape index (κ2) is 5.30. The normalized spacial score (nSPS) is 12.5. The number of fused-ring (bicyclic) bond motifs is 1. The van der Waals surface area contributed by atoms with Crippen molar-refractivity contribution in [1.29, 1.82) is 0 Å². The highest BCUT2D eigenvalue weighted by atomic mass is 32.2. The third kappa shape index (κ3) is 2.21. The maximum atomic E-state index is 12.7. The van der Waals surface area contributed by atoms with Crippen molar-refractivity contribution in [3.63, 3.8) is 0 Å². The quantitative estimate of drug-likeness (QED) is 0.729. The Bertz CT molecular complexity index is 898. The Morgan fingerprint density at radius 1 is 0.952 bits per heavy atom. The van der Waals surface area contributed by atoms with Crippen molar-refractivity contribution in [2.45, 2.75) is 4.90 Å². The number of benzene rings is 2. The maximum absolute atomic E-state index is 12.7. The van der Waals surface area contributed by atoms with Crippen LogP contribution in [0.5, 0.6) is 0 Å². The van der Waals surface area contributed by atoms with Crippen LogP contribution in [0.25, 0.3) is 22.2 Å². The Kier molecular flexibility index (Phi) is 3.47. The van der Waals surface area contributed by atoms with E-state index in [-0.39, 0.29) is 5.43 Å². The Labute approximate surface area is 125 Å². The summed E-state index contributed by atoms with van der Waals surface area (Å²) in [7, 11) is 0.551. The molecule has 0 aliphatic heterocycles. The highest BCUT2D eigenvalue weighted by Gasteiger charge is 2.18. The fraction of sp³-hybridized carbons (Fsp3) is 0.118. The number of hydrogen-bond donors (Lipinski definition) is 0. The van der Waals surface area contributed by atoms with E-state index in [4.69, 9.17) is 0 Å². The first-order valence-corrected chi connectivity index (χ1v) is 8.17. The molecule has 0 aliphatic carbocycles. The summed E-state index contributed by atoms with van der Waals surface area (Å²) in [5, 5.41) is 0.602. The van der Waals surface area contributed by atoms with Crippen molar-refractivity contribution in [2.75, 3.05) is 6.26 Å². The lowest BCUT2D eigenvalue weighted by Gasteiger charge is -2.16. The molecule has 1 heterocycles. The van der Waals surface area contributed by atoms with Crippen LogP contribution in [0.1, 0.15) is 0 Å². The second-order valence-electron chi connectivity index (χ2n) is 4.90. The molecule has 1 atom stereocenters. The van der Waals surface area contributed by atoms with Gasteiger partial charge in [0.1, 0.15) is 4.90 Å². The van der Waals surface area contributed by atoms with E-state index in [0.29, 0.717) is 10.3 Å². The average Bonchev–Trinajstić information content (AvgIpc) is 2.51. The molecule has 0 saturated carbocycles. The summed E-state index contributed by atoms with van der Waals surface area (Å²) < 4.78 is 14.1. The molecule has 3 nitrogen and oxygen atoms in total. The zero-order valence-corrected chi connectivity index (χ0v) is 12.7. The van der Waals surface area contributed by atoms with Crippen molar-refractivity contribution in [1.82, 2.24) is 4.57 Å². The summed E-state index contributed by atoms with van der Waals surface area (Å²) in [4.78, 5) is 13.1. The zero-order valence-electron chi connectivity index (χ0n) is 11.9. The van der Waals surface area contributed by atoms with E-state index in [1.807, 2.05) is 60.1 Å². The van der Waals surface area contributed by atoms with Gasteiger partial charge in [-0.2, -0.15) is 0 Å². The number of rotatable bonds is 2. The molecule has 1 aromatic heterocycles. The van der Waals surface area contributed by atoms with Crippen molar-refractivity contribution < 1.29 is 4.21 Å². The van der Waals surface area contributed by atoms with Gasteiger partial charge in [0.25, 0.3) is 0 Å². The Morgan fingerprint density at radius 3 is 2.24 bits per heavy atom. The number of para-hydroxylation sites is 1. The van der Waals surface area contributed by atoms with E-state index >= 15 is 0 Å². The van der Waals surface area contributed by atoms with Crippen LogP contribution in [0.3, 0.4) is 0 Å². The van der Waals surface area contributed by atoms with E-state index in [1.165, 1.54) is 0 Å². The number of hydrogen-bond acceptors (Lipinski definition) is 2. The van der Waals surface area contributed by atoms with Gasteiger partial charge in [0.2, 0.25) is 5.43 Å². The minimum Gasteiger partial charge on any atom is -0.342 e. The van der Waals surface area contributed by atoms with Gasteiger partial charge < -0.3 is 4.57 Å². The molecule has 1 unspecified atom stereocenters. The smallest absolute Gasteiger partial charge is 0.206 e. The molecular weight excluding hydrogens is 282 g/mol. The van der Waals surface area contributed by atoms with Crippen LogP contribution in [-0.4, -0.2) is 15.0 Å². The van der Waals surface area contributed by atoms with Crippen LogP contribution in [0, 0.1) is 0 Å². The van der Waals surface area contributed by atoms with Gasteiger partial charge in [-0.15, -0.1) is 0 Å². The Morgan fingerprint density at radius 2 is 1.57 bits per heavy atom. The number of nitrogens with zero attached hydrogens (tertiary/aromatic N) is 1. The lowest BCUT2D eigenvalue weighted by atomic mass is 10.1. The number of aryl methyl sites for hydroxylation is 1. The van der Waals surface area contributed by atoms with E-state index in [9.17, 15) is 9.00 Å². The van der Waals surface area contributed by atoms with Crippen LogP contribution in [-0.2, 0) is 17.8 Å². The predicted octanol–water partition coefficient (Wildman–Crippen LogP) is 2.94. The van der Waals surface area contributed by atoms with Gasteiger partial charge >= 0.3 is 0 Å². The lowest BCUT2D eigenvalue weighted by molar-refractivity contribution is 0.685. The zero-order chi connectivity index (χ0) is 15.0. The van der Waals surface area contributed by atoms with Gasteiger partial charge in [-0.05, 0) is 17.7 Å². The summed E-state index contributed by atoms with van der Waals surface area (Å²) in [6.07, 6.45) is 1.55. The molecule has 0 spiro atoms. The van der Waals surface area contributed by atoms with Crippen LogP contribution in [0.15, 0.2) is 64.3 Å². The van der Waals surface area contributed by atoms with Gasteiger partial charge in [-0.3, -0.25) is 9.00 Å². The van der Waals surface area contributed by atoms with Crippen molar-refractivity contribution in [3.05, 3.63) is 64.8 Å². The van der Waals surface area contributed by atoms with Crippen LogP contribution < -0.4 is 5.43 Å². The van der Waals surface area contributed by atoms with Crippen LogP contribution in [0.4, 0.5) is 0 Å². The first-order chi connectivity index (χ1) is 10.1. The van der Waals surface area contributed by atoms with Gasteiger partial charge in [0.15, 0.2) is 0 Å². The Balaban J connectivity index is 2.54. The molecular formula is C17H15NO2S. The van der Waals surface area contributed by atoms with E-state index in [0.717, 1.165) is 16.8 Å². The van der Waals surface area contributed by atoms with Crippen molar-refractivity contribution in [3.8, 4) is 11.3 Å². The van der Waals surface area contributed by atoms with E-state index in [1.54, 1.807) is 12.3 Å². The Hall–Kier alpha value is -2.20. The summed E-state index contributed by atoms with van der Waals surface area (Å²) in [5.41, 5.74) is 2.31. The standard InChI is InChI=1S/C17H15NO2S/c1-18-14-11-7-6-10-13(14)16(19)17(21(2)20)15(18)12-8-4-3-5-9-12/h3-11H,1-2H3. The summed E-state index contributed by atoms with van der Waals surface area (Å²) in [6.45, 7) is 0. The molecule has 4 heteroatoms. The molecule has 0 aliphatic rings. The minimum atomic E-state index is -1.35. The first-order valence-electron chi connectivity index (χ1n) is 6.62. The molecule has 0 N–H and O–H groups in total. The fourth-order valence-corrected chi connectivity index (χ4v) is 3.55. The highest BCUT2D eigenvalue weighted by molar-refractivity contribution is 7.84. The van der Waals surface area contributed by atoms with E-state index in [2.05, 4.69) is 0 Å². The van der Waals surface area contributed by atoms with E-state index < -0.39 is 10.8 Å². The third-order valence-electron chi connectivity index (χ3n) is 3.60. The molecule has 106 valence electrons. The monoisotopic (exact) mass is 297 g/mol. The summed E-state index contributed by atoms with van der Waals surface area (Å²) in [5.74, 6) is 0. The maximum Gasteiger partial charge on any atom is 0.206 e. The van der Waals surface area contributed by atoms with Gasteiger partial charge in [-0.1, -0.05) is 42.5 Å². The predicted molar refractivity (Wildman–Crippen MR) is 87.0 cm³/mol. The molecule has 0 radical (unpaired) electrons. The van der Waals surface area contributed by atoms with Crippen LogP contribution in [0.2, 0.25) is 0 Å². The summed E-state index contributed by atoms with van der Waals surface area (Å²) in [6, 6.07) is 17.0. The number of aromatic nitrogens is 1. The molecule has 21 heavy (non-hydrogen) atoms. The lowest BCUT2D eigenvalue weighted by Crippen LogP contribution is -2.17. The van der Waals surface area contributed by atoms with Gasteiger partial charge in [0.05, 0.1) is 22.0 Å². The number of pyridine rings is 1. The highest BCUT2D eigenvalue weighted by Crippen LogP contribution is 2.26. The molecule has 0 fully saturated rings. The second-order valence-corrected chi connectivity index (χ2v) is 6.22. The SMILES string of the molecule is Cn1c(-c2ccccc2)c(S(C)=O)c(=O)c2ccccc21. The fourth-order valence-electron chi connectivity index (χ4n) is 2.65.